The van der Waals surface area contributed by atoms with Crippen molar-refractivity contribution in [3.05, 3.63) is 77.4 Å². The third-order valence-corrected chi connectivity index (χ3v) is 3.82. The molecule has 1 heterocycles. The van der Waals surface area contributed by atoms with Crippen molar-refractivity contribution in [1.82, 2.24) is 0 Å². The third kappa shape index (κ3) is 3.95. The highest BCUT2D eigenvalue weighted by Crippen LogP contribution is 2.29. The minimum absolute atomic E-state index is 0.121. The molecule has 1 unspecified atom stereocenters. The SMILES string of the molecule is CC1Oc2ccccc2C=C1C=CC(=O)Nc1cccc(C(=O)O)c1. The van der Waals surface area contributed by atoms with Gasteiger partial charge in [-0.2, -0.15) is 0 Å². The van der Waals surface area contributed by atoms with Gasteiger partial charge in [0, 0.05) is 17.3 Å². The first-order valence-electron chi connectivity index (χ1n) is 7.82. The number of benzene rings is 2. The van der Waals surface area contributed by atoms with Crippen LogP contribution in [0.3, 0.4) is 0 Å². The lowest BCUT2D eigenvalue weighted by Crippen LogP contribution is -2.18. The maximum absolute atomic E-state index is 12.1. The Balaban J connectivity index is 1.72. The van der Waals surface area contributed by atoms with Crippen LogP contribution < -0.4 is 10.1 Å². The molecule has 2 N–H and O–H groups in total. The van der Waals surface area contributed by atoms with Crippen LogP contribution in [0.5, 0.6) is 5.75 Å². The average molecular weight is 335 g/mol. The van der Waals surface area contributed by atoms with Crippen LogP contribution in [0.4, 0.5) is 5.69 Å². The highest BCUT2D eigenvalue weighted by atomic mass is 16.5. The molecule has 0 spiro atoms. The van der Waals surface area contributed by atoms with E-state index in [0.29, 0.717) is 5.69 Å². The first-order chi connectivity index (χ1) is 12.0. The molecule has 0 fully saturated rings. The second-order valence-electron chi connectivity index (χ2n) is 5.65. The number of carbonyl (C=O) groups excluding carboxylic acids is 1. The van der Waals surface area contributed by atoms with Crippen molar-refractivity contribution in [2.75, 3.05) is 5.32 Å². The van der Waals surface area contributed by atoms with E-state index in [9.17, 15) is 9.59 Å². The summed E-state index contributed by atoms with van der Waals surface area (Å²) in [5.74, 6) is -0.555. The van der Waals surface area contributed by atoms with Gasteiger partial charge < -0.3 is 15.2 Å². The summed E-state index contributed by atoms with van der Waals surface area (Å²) < 4.78 is 5.82. The lowest BCUT2D eigenvalue weighted by molar-refractivity contribution is -0.111. The van der Waals surface area contributed by atoms with Crippen LogP contribution in [0.15, 0.2) is 66.3 Å². The highest BCUT2D eigenvalue weighted by Gasteiger charge is 2.16. The van der Waals surface area contributed by atoms with Crippen LogP contribution in [0.1, 0.15) is 22.8 Å². The summed E-state index contributed by atoms with van der Waals surface area (Å²) in [6, 6.07) is 13.8. The maximum Gasteiger partial charge on any atom is 0.335 e. The fraction of sp³-hybridized carbons (Fsp3) is 0.100. The first-order valence-corrected chi connectivity index (χ1v) is 7.82. The normalized spacial score (nSPS) is 15.9. The second kappa shape index (κ2) is 7.05. The monoisotopic (exact) mass is 335 g/mol. The first kappa shape index (κ1) is 16.5. The van der Waals surface area contributed by atoms with E-state index in [1.807, 2.05) is 37.3 Å². The molecule has 2 aromatic rings. The lowest BCUT2D eigenvalue weighted by atomic mass is 10.0. The zero-order valence-electron chi connectivity index (χ0n) is 13.6. The summed E-state index contributed by atoms with van der Waals surface area (Å²) in [5, 5.41) is 11.6. The zero-order chi connectivity index (χ0) is 17.8. The number of anilines is 1. The number of nitrogens with one attached hydrogen (secondary N) is 1. The van der Waals surface area contributed by atoms with Gasteiger partial charge in [-0.1, -0.05) is 24.3 Å². The molecule has 0 saturated heterocycles. The van der Waals surface area contributed by atoms with Gasteiger partial charge in [0.1, 0.15) is 11.9 Å². The van der Waals surface area contributed by atoms with E-state index < -0.39 is 5.97 Å². The van der Waals surface area contributed by atoms with Crippen molar-refractivity contribution in [1.29, 1.82) is 0 Å². The Morgan fingerprint density at radius 2 is 1.96 bits per heavy atom. The molecule has 3 rings (SSSR count). The second-order valence-corrected chi connectivity index (χ2v) is 5.65. The van der Waals surface area contributed by atoms with Crippen LogP contribution in [0.25, 0.3) is 6.08 Å². The standard InChI is InChI=1S/C20H17NO4/c1-13-14(11-15-5-2-3-8-18(15)25-13)9-10-19(22)21-17-7-4-6-16(12-17)20(23)24/h2-13H,1H3,(H,21,22)(H,23,24). The summed E-state index contributed by atoms with van der Waals surface area (Å²) in [6.45, 7) is 1.92. The molecule has 1 aliphatic heterocycles. The molecular weight excluding hydrogens is 318 g/mol. The lowest BCUT2D eigenvalue weighted by Gasteiger charge is -2.22. The van der Waals surface area contributed by atoms with E-state index in [2.05, 4.69) is 5.32 Å². The predicted octanol–water partition coefficient (Wildman–Crippen LogP) is 3.74. The molecule has 25 heavy (non-hydrogen) atoms. The molecule has 126 valence electrons. The number of fused-ring (bicyclic) bond motifs is 1. The summed E-state index contributed by atoms with van der Waals surface area (Å²) in [7, 11) is 0. The van der Waals surface area contributed by atoms with Crippen LogP contribution in [0.2, 0.25) is 0 Å². The molecule has 0 aliphatic carbocycles. The number of rotatable bonds is 4. The number of carbonyl (C=O) groups is 2. The quantitative estimate of drug-likeness (QED) is 0.835. The number of carboxylic acid groups (broad SMARTS) is 1. The molecule has 2 aromatic carbocycles. The Labute approximate surface area is 145 Å². The van der Waals surface area contributed by atoms with E-state index >= 15 is 0 Å². The molecule has 1 amide bonds. The smallest absolute Gasteiger partial charge is 0.335 e. The minimum Gasteiger partial charge on any atom is -0.485 e. The van der Waals surface area contributed by atoms with Crippen molar-refractivity contribution >= 4 is 23.6 Å². The molecule has 0 radical (unpaired) electrons. The van der Waals surface area contributed by atoms with Gasteiger partial charge in [0.2, 0.25) is 5.91 Å². The fourth-order valence-electron chi connectivity index (χ4n) is 2.53. The number of para-hydroxylation sites is 1. The van der Waals surface area contributed by atoms with Gasteiger partial charge in [-0.15, -0.1) is 0 Å². The number of ether oxygens (including phenoxy) is 1. The van der Waals surface area contributed by atoms with Gasteiger partial charge in [0.25, 0.3) is 0 Å². The van der Waals surface area contributed by atoms with Crippen molar-refractivity contribution in [3.63, 3.8) is 0 Å². The molecule has 1 atom stereocenters. The van der Waals surface area contributed by atoms with E-state index in [4.69, 9.17) is 9.84 Å². The summed E-state index contributed by atoms with van der Waals surface area (Å²) >= 11 is 0. The van der Waals surface area contributed by atoms with E-state index in [0.717, 1.165) is 16.9 Å². The molecule has 0 bridgehead atoms. The number of hydrogen-bond donors (Lipinski definition) is 2. The predicted molar refractivity (Wildman–Crippen MR) is 95.7 cm³/mol. The van der Waals surface area contributed by atoms with Crippen molar-refractivity contribution in [3.8, 4) is 5.75 Å². The number of aromatic carboxylic acids is 1. The molecule has 5 heteroatoms. The van der Waals surface area contributed by atoms with Crippen LogP contribution >= 0.6 is 0 Å². The summed E-state index contributed by atoms with van der Waals surface area (Å²) in [5.41, 5.74) is 2.40. The van der Waals surface area contributed by atoms with Crippen LogP contribution in [-0.4, -0.2) is 23.1 Å². The van der Waals surface area contributed by atoms with Crippen molar-refractivity contribution in [2.45, 2.75) is 13.0 Å². The summed E-state index contributed by atoms with van der Waals surface area (Å²) in [4.78, 5) is 23.0. The average Bonchev–Trinajstić information content (AvgIpc) is 2.60. The largest absolute Gasteiger partial charge is 0.485 e. The Hall–Kier alpha value is -3.34. The van der Waals surface area contributed by atoms with Gasteiger partial charge in [0.15, 0.2) is 0 Å². The molecule has 0 saturated carbocycles. The maximum atomic E-state index is 12.1. The number of carboxylic acids is 1. The van der Waals surface area contributed by atoms with Gasteiger partial charge >= 0.3 is 5.97 Å². The highest BCUT2D eigenvalue weighted by molar-refractivity contribution is 6.00. The van der Waals surface area contributed by atoms with Crippen molar-refractivity contribution < 1.29 is 19.4 Å². The third-order valence-electron chi connectivity index (χ3n) is 3.82. The molecule has 5 nitrogen and oxygen atoms in total. The Morgan fingerprint density at radius 3 is 2.76 bits per heavy atom. The molecular formula is C20H17NO4. The minimum atomic E-state index is -1.04. The topological polar surface area (TPSA) is 75.6 Å². The van der Waals surface area contributed by atoms with Gasteiger partial charge in [0.05, 0.1) is 5.56 Å². The Morgan fingerprint density at radius 1 is 1.16 bits per heavy atom. The summed E-state index contributed by atoms with van der Waals surface area (Å²) in [6.07, 6.45) is 4.94. The van der Waals surface area contributed by atoms with E-state index in [1.165, 1.54) is 18.2 Å². The zero-order valence-corrected chi connectivity index (χ0v) is 13.6. The number of hydrogen-bond acceptors (Lipinski definition) is 3. The fourth-order valence-corrected chi connectivity index (χ4v) is 2.53. The van der Waals surface area contributed by atoms with Crippen LogP contribution in [0, 0.1) is 0 Å². The van der Waals surface area contributed by atoms with Gasteiger partial charge in [-0.3, -0.25) is 4.79 Å². The van der Waals surface area contributed by atoms with Crippen molar-refractivity contribution in [2.24, 2.45) is 0 Å². The Kier molecular flexibility index (Phi) is 4.66. The Bertz CT molecular complexity index is 883. The molecule has 0 aromatic heterocycles. The van der Waals surface area contributed by atoms with E-state index in [1.54, 1.807) is 18.2 Å². The van der Waals surface area contributed by atoms with Gasteiger partial charge in [-0.05, 0) is 48.9 Å². The van der Waals surface area contributed by atoms with Crippen LogP contribution in [-0.2, 0) is 4.79 Å². The molecule has 1 aliphatic rings. The van der Waals surface area contributed by atoms with Gasteiger partial charge in [-0.25, -0.2) is 4.79 Å². The van der Waals surface area contributed by atoms with E-state index in [-0.39, 0.29) is 17.6 Å². The number of amides is 1.